The van der Waals surface area contributed by atoms with E-state index in [1.54, 1.807) is 61.5 Å². The van der Waals surface area contributed by atoms with Gasteiger partial charge in [0.05, 0.1) is 30.5 Å². The fraction of sp³-hybridized carbons (Fsp3) is 0.174. The van der Waals surface area contributed by atoms with E-state index in [1.165, 1.54) is 26.4 Å². The minimum atomic E-state index is -4.04. The first-order chi connectivity index (χ1) is 15.3. The quantitative estimate of drug-likeness (QED) is 0.519. The molecule has 0 unspecified atom stereocenters. The summed E-state index contributed by atoms with van der Waals surface area (Å²) in [5.74, 6) is 0.393. The average molecular weight is 475 g/mol. The second-order valence-electron chi connectivity index (χ2n) is 6.82. The highest BCUT2D eigenvalue weighted by Gasteiger charge is 2.29. The first-order valence-electron chi connectivity index (χ1n) is 9.62. The van der Waals surface area contributed by atoms with Crippen LogP contribution in [0.2, 0.25) is 5.02 Å². The van der Waals surface area contributed by atoms with Crippen molar-refractivity contribution in [1.82, 2.24) is 0 Å². The maximum atomic E-state index is 13.5. The number of carbonyl (C=O) groups is 1. The zero-order valence-corrected chi connectivity index (χ0v) is 19.4. The third-order valence-corrected chi connectivity index (χ3v) is 6.99. The summed E-state index contributed by atoms with van der Waals surface area (Å²) >= 11 is 6.24. The molecule has 0 aromatic heterocycles. The van der Waals surface area contributed by atoms with Gasteiger partial charge in [0.1, 0.15) is 18.0 Å². The third kappa shape index (κ3) is 4.98. The zero-order valence-electron chi connectivity index (χ0n) is 17.8. The summed E-state index contributed by atoms with van der Waals surface area (Å²) in [4.78, 5) is 13.0. The molecule has 0 spiro atoms. The van der Waals surface area contributed by atoms with Crippen molar-refractivity contribution in [3.8, 4) is 11.5 Å². The van der Waals surface area contributed by atoms with Gasteiger partial charge in [0.15, 0.2) is 0 Å². The molecule has 3 aromatic rings. The zero-order chi connectivity index (χ0) is 23.3. The van der Waals surface area contributed by atoms with Crippen LogP contribution in [-0.4, -0.2) is 35.1 Å². The number of hydrogen-bond acceptors (Lipinski definition) is 5. The first-order valence-corrected chi connectivity index (χ1v) is 11.4. The van der Waals surface area contributed by atoms with Gasteiger partial charge in [-0.3, -0.25) is 9.10 Å². The summed E-state index contributed by atoms with van der Waals surface area (Å²) in [5.41, 5.74) is 1.25. The van der Waals surface area contributed by atoms with Crippen molar-refractivity contribution in [2.24, 2.45) is 0 Å². The smallest absolute Gasteiger partial charge is 0.264 e. The van der Waals surface area contributed by atoms with E-state index in [0.717, 1.165) is 4.31 Å². The van der Waals surface area contributed by atoms with Gasteiger partial charge in [-0.15, -0.1) is 0 Å². The van der Waals surface area contributed by atoms with Crippen molar-refractivity contribution in [3.05, 3.63) is 77.3 Å². The number of anilines is 2. The first kappa shape index (κ1) is 23.4. The van der Waals surface area contributed by atoms with Crippen LogP contribution >= 0.6 is 11.6 Å². The Labute approximate surface area is 192 Å². The summed E-state index contributed by atoms with van der Waals surface area (Å²) < 4.78 is 38.4. The summed E-state index contributed by atoms with van der Waals surface area (Å²) in [6.45, 7) is 1.24. The number of nitrogens with zero attached hydrogens (tertiary/aromatic N) is 1. The molecule has 0 aliphatic carbocycles. The number of benzene rings is 3. The van der Waals surface area contributed by atoms with Crippen LogP contribution in [0.3, 0.4) is 0 Å². The molecule has 1 N–H and O–H groups in total. The van der Waals surface area contributed by atoms with E-state index < -0.39 is 22.5 Å². The van der Waals surface area contributed by atoms with Crippen LogP contribution in [0.15, 0.2) is 71.6 Å². The number of halogens is 1. The molecule has 0 fully saturated rings. The van der Waals surface area contributed by atoms with Crippen LogP contribution in [0, 0.1) is 6.92 Å². The van der Waals surface area contributed by atoms with Gasteiger partial charge in [0.25, 0.3) is 10.0 Å². The highest BCUT2D eigenvalue weighted by Crippen LogP contribution is 2.32. The third-order valence-electron chi connectivity index (χ3n) is 4.81. The van der Waals surface area contributed by atoms with Crippen LogP contribution in [-0.2, 0) is 14.8 Å². The topological polar surface area (TPSA) is 84.9 Å². The van der Waals surface area contributed by atoms with E-state index in [4.69, 9.17) is 21.1 Å². The monoisotopic (exact) mass is 474 g/mol. The highest BCUT2D eigenvalue weighted by molar-refractivity contribution is 7.92. The van der Waals surface area contributed by atoms with Gasteiger partial charge in [-0.05, 0) is 48.9 Å². The molecule has 0 aliphatic rings. The van der Waals surface area contributed by atoms with Crippen LogP contribution < -0.4 is 19.1 Å². The van der Waals surface area contributed by atoms with Crippen molar-refractivity contribution in [1.29, 1.82) is 0 Å². The van der Waals surface area contributed by atoms with Gasteiger partial charge in [-0.25, -0.2) is 8.42 Å². The molecule has 9 heteroatoms. The molecule has 0 atom stereocenters. The second kappa shape index (κ2) is 9.93. The van der Waals surface area contributed by atoms with Gasteiger partial charge in [-0.1, -0.05) is 35.9 Å². The lowest BCUT2D eigenvalue weighted by Crippen LogP contribution is -2.38. The Hall–Kier alpha value is -3.23. The van der Waals surface area contributed by atoms with E-state index in [9.17, 15) is 13.2 Å². The molecular weight excluding hydrogens is 452 g/mol. The summed E-state index contributed by atoms with van der Waals surface area (Å²) in [7, 11) is -1.06. The van der Waals surface area contributed by atoms with Gasteiger partial charge in [0.2, 0.25) is 5.91 Å². The van der Waals surface area contributed by atoms with Crippen molar-refractivity contribution in [3.63, 3.8) is 0 Å². The summed E-state index contributed by atoms with van der Waals surface area (Å²) in [6.07, 6.45) is 0. The van der Waals surface area contributed by atoms with Gasteiger partial charge in [0, 0.05) is 11.1 Å². The average Bonchev–Trinajstić information content (AvgIpc) is 2.80. The standard InChI is InChI=1S/C23H23ClN2O5S/c1-16-19(24)10-7-11-21(16)26(32(28,29)18-8-5-4-6-9-18)15-23(27)25-20-13-12-17(30-2)14-22(20)31-3/h4-14H,15H2,1-3H3,(H,25,27). The van der Waals surface area contributed by atoms with Gasteiger partial charge < -0.3 is 14.8 Å². The van der Waals surface area contributed by atoms with E-state index >= 15 is 0 Å². The molecular formula is C23H23ClN2O5S. The number of rotatable bonds is 8. The molecule has 0 radical (unpaired) electrons. The molecule has 0 aliphatic heterocycles. The molecule has 1 amide bonds. The normalized spacial score (nSPS) is 11.0. The molecule has 0 saturated carbocycles. The van der Waals surface area contributed by atoms with E-state index in [1.807, 2.05) is 0 Å². The van der Waals surface area contributed by atoms with Crippen LogP contribution in [0.1, 0.15) is 5.56 Å². The number of ether oxygens (including phenoxy) is 2. The molecule has 0 bridgehead atoms. The molecule has 32 heavy (non-hydrogen) atoms. The lowest BCUT2D eigenvalue weighted by Gasteiger charge is -2.26. The Kier molecular flexibility index (Phi) is 7.27. The predicted octanol–water partition coefficient (Wildman–Crippen LogP) is 4.50. The summed E-state index contributed by atoms with van der Waals surface area (Å²) in [5, 5.41) is 3.11. The number of amides is 1. The maximum Gasteiger partial charge on any atom is 0.264 e. The van der Waals surface area contributed by atoms with E-state index in [2.05, 4.69) is 5.32 Å². The second-order valence-corrected chi connectivity index (χ2v) is 9.09. The van der Waals surface area contributed by atoms with E-state index in [0.29, 0.717) is 33.5 Å². The Morgan fingerprint density at radius 2 is 1.72 bits per heavy atom. The van der Waals surface area contributed by atoms with Gasteiger partial charge in [-0.2, -0.15) is 0 Å². The van der Waals surface area contributed by atoms with Crippen LogP contribution in [0.25, 0.3) is 0 Å². The minimum Gasteiger partial charge on any atom is -0.497 e. The van der Waals surface area contributed by atoms with Crippen molar-refractivity contribution in [2.75, 3.05) is 30.4 Å². The number of methoxy groups -OCH3 is 2. The van der Waals surface area contributed by atoms with Crippen LogP contribution in [0.4, 0.5) is 11.4 Å². The predicted molar refractivity (Wildman–Crippen MR) is 125 cm³/mol. The number of nitrogens with one attached hydrogen (secondary N) is 1. The maximum absolute atomic E-state index is 13.5. The molecule has 7 nitrogen and oxygen atoms in total. The van der Waals surface area contributed by atoms with Crippen LogP contribution in [0.5, 0.6) is 11.5 Å². The molecule has 168 valence electrons. The van der Waals surface area contributed by atoms with Crippen molar-refractivity contribution < 1.29 is 22.7 Å². The molecule has 0 heterocycles. The molecule has 3 aromatic carbocycles. The lowest BCUT2D eigenvalue weighted by molar-refractivity contribution is -0.114. The fourth-order valence-corrected chi connectivity index (χ4v) is 4.78. The SMILES string of the molecule is COc1ccc(NC(=O)CN(c2cccc(Cl)c2C)S(=O)(=O)c2ccccc2)c(OC)c1. The fourth-order valence-electron chi connectivity index (χ4n) is 3.11. The molecule has 0 saturated heterocycles. The highest BCUT2D eigenvalue weighted by atomic mass is 35.5. The minimum absolute atomic E-state index is 0.0641. The lowest BCUT2D eigenvalue weighted by atomic mass is 10.2. The Bertz CT molecular complexity index is 1220. The van der Waals surface area contributed by atoms with Crippen molar-refractivity contribution >= 4 is 38.9 Å². The largest absolute Gasteiger partial charge is 0.497 e. The number of sulfonamides is 1. The summed E-state index contributed by atoms with van der Waals surface area (Å²) in [6, 6.07) is 17.7. The van der Waals surface area contributed by atoms with E-state index in [-0.39, 0.29) is 4.90 Å². The Morgan fingerprint density at radius 3 is 2.38 bits per heavy atom. The number of carbonyl (C=O) groups excluding carboxylic acids is 1. The van der Waals surface area contributed by atoms with Gasteiger partial charge >= 0.3 is 0 Å². The Morgan fingerprint density at radius 1 is 1.00 bits per heavy atom. The van der Waals surface area contributed by atoms with Crippen molar-refractivity contribution in [2.45, 2.75) is 11.8 Å². The Balaban J connectivity index is 1.98. The molecule has 3 rings (SSSR count). The number of hydrogen-bond donors (Lipinski definition) is 1.